The molecule has 1 aliphatic rings. The lowest BCUT2D eigenvalue weighted by atomic mass is 9.98. The molecule has 28 heavy (non-hydrogen) atoms. The maximum absolute atomic E-state index is 12.5. The molecule has 1 heterocycles. The van der Waals surface area contributed by atoms with Gasteiger partial charge >= 0.3 is 0 Å². The predicted molar refractivity (Wildman–Crippen MR) is 113 cm³/mol. The van der Waals surface area contributed by atoms with E-state index in [9.17, 15) is 4.79 Å². The van der Waals surface area contributed by atoms with Gasteiger partial charge in [0.25, 0.3) is 0 Å². The van der Waals surface area contributed by atoms with Gasteiger partial charge in [-0.25, -0.2) is 0 Å². The quantitative estimate of drug-likeness (QED) is 0.689. The number of nitriles is 1. The van der Waals surface area contributed by atoms with Gasteiger partial charge in [0.05, 0.1) is 6.07 Å². The third-order valence-corrected chi connectivity index (χ3v) is 5.41. The zero-order valence-corrected chi connectivity index (χ0v) is 15.8. The van der Waals surface area contributed by atoms with Crippen LogP contribution in [0.4, 0.5) is 5.69 Å². The number of nitrogens with one attached hydrogen (secondary N) is 1. The van der Waals surface area contributed by atoms with Crippen LogP contribution in [0.15, 0.2) is 66.7 Å². The second-order valence-corrected chi connectivity index (χ2v) is 7.19. The number of amides is 1. The number of piperidine rings is 1. The SMILES string of the molecule is N#CCNC(=O)C1CCCCN1c1cccc(-c2ccc3ccccc3c2)c1. The van der Waals surface area contributed by atoms with Crippen LogP contribution in [0, 0.1) is 11.3 Å². The Bertz CT molecular complexity index is 1040. The summed E-state index contributed by atoms with van der Waals surface area (Å²) < 4.78 is 0. The summed E-state index contributed by atoms with van der Waals surface area (Å²) in [6, 6.07) is 25.0. The Morgan fingerprint density at radius 2 is 1.82 bits per heavy atom. The molecule has 140 valence electrons. The number of anilines is 1. The van der Waals surface area contributed by atoms with E-state index in [1.54, 1.807) is 0 Å². The van der Waals surface area contributed by atoms with Gasteiger partial charge in [-0.1, -0.05) is 48.5 Å². The van der Waals surface area contributed by atoms with Gasteiger partial charge in [0.1, 0.15) is 12.6 Å². The Balaban J connectivity index is 1.64. The number of benzene rings is 3. The summed E-state index contributed by atoms with van der Waals surface area (Å²) in [5.74, 6) is -0.0580. The van der Waals surface area contributed by atoms with Gasteiger partial charge in [-0.15, -0.1) is 0 Å². The summed E-state index contributed by atoms with van der Waals surface area (Å²) in [6.45, 7) is 0.909. The highest BCUT2D eigenvalue weighted by molar-refractivity contribution is 5.88. The average Bonchev–Trinajstić information content (AvgIpc) is 2.77. The summed E-state index contributed by atoms with van der Waals surface area (Å²) in [7, 11) is 0. The van der Waals surface area contributed by atoms with Crippen LogP contribution in [-0.2, 0) is 4.79 Å². The highest BCUT2D eigenvalue weighted by Crippen LogP contribution is 2.30. The van der Waals surface area contributed by atoms with Crippen molar-refractivity contribution in [1.29, 1.82) is 5.26 Å². The summed E-state index contributed by atoms with van der Waals surface area (Å²) in [6.07, 6.45) is 2.92. The Hall–Kier alpha value is -3.32. The lowest BCUT2D eigenvalue weighted by Gasteiger charge is -2.36. The van der Waals surface area contributed by atoms with Crippen molar-refractivity contribution in [1.82, 2.24) is 5.32 Å². The minimum absolute atomic E-state index is 0.0559. The van der Waals surface area contributed by atoms with Crippen molar-refractivity contribution < 1.29 is 4.79 Å². The maximum atomic E-state index is 12.5. The van der Waals surface area contributed by atoms with Crippen LogP contribution in [0.2, 0.25) is 0 Å². The zero-order valence-electron chi connectivity index (χ0n) is 15.8. The molecule has 0 spiro atoms. The zero-order chi connectivity index (χ0) is 19.3. The van der Waals surface area contributed by atoms with Crippen molar-refractivity contribution in [2.45, 2.75) is 25.3 Å². The molecule has 0 aromatic heterocycles. The largest absolute Gasteiger partial charge is 0.360 e. The molecule has 1 atom stereocenters. The van der Waals surface area contributed by atoms with Gasteiger partial charge in [0.15, 0.2) is 0 Å². The van der Waals surface area contributed by atoms with Crippen molar-refractivity contribution in [3.8, 4) is 17.2 Å². The first-order chi connectivity index (χ1) is 13.8. The molecule has 3 aromatic carbocycles. The molecule has 1 aliphatic heterocycles. The summed E-state index contributed by atoms with van der Waals surface area (Å²) >= 11 is 0. The molecule has 4 heteroatoms. The Labute approximate surface area is 165 Å². The second-order valence-electron chi connectivity index (χ2n) is 7.19. The van der Waals surface area contributed by atoms with E-state index in [1.165, 1.54) is 16.3 Å². The topological polar surface area (TPSA) is 56.1 Å². The molecule has 4 nitrogen and oxygen atoms in total. The van der Waals surface area contributed by atoms with Crippen LogP contribution in [0.25, 0.3) is 21.9 Å². The van der Waals surface area contributed by atoms with Crippen LogP contribution in [-0.4, -0.2) is 25.0 Å². The van der Waals surface area contributed by atoms with Gasteiger partial charge in [0, 0.05) is 12.2 Å². The number of rotatable bonds is 4. The molecule has 1 amide bonds. The Kier molecular flexibility index (Phi) is 5.25. The average molecular weight is 369 g/mol. The molecule has 1 saturated heterocycles. The van der Waals surface area contributed by atoms with Crippen LogP contribution in [0.1, 0.15) is 19.3 Å². The van der Waals surface area contributed by atoms with Crippen molar-refractivity contribution in [3.05, 3.63) is 66.7 Å². The van der Waals surface area contributed by atoms with E-state index in [2.05, 4.69) is 76.9 Å². The van der Waals surface area contributed by atoms with Crippen LogP contribution in [0.5, 0.6) is 0 Å². The van der Waals surface area contributed by atoms with Gasteiger partial charge in [-0.2, -0.15) is 5.26 Å². The van der Waals surface area contributed by atoms with E-state index in [0.29, 0.717) is 0 Å². The van der Waals surface area contributed by atoms with E-state index < -0.39 is 0 Å². The van der Waals surface area contributed by atoms with Crippen LogP contribution in [0.3, 0.4) is 0 Å². The van der Waals surface area contributed by atoms with E-state index in [-0.39, 0.29) is 18.5 Å². The van der Waals surface area contributed by atoms with Gasteiger partial charge in [-0.05, 0) is 59.4 Å². The first-order valence-electron chi connectivity index (χ1n) is 9.77. The maximum Gasteiger partial charge on any atom is 0.243 e. The number of hydrogen-bond acceptors (Lipinski definition) is 3. The molecule has 0 bridgehead atoms. The molecule has 1 N–H and O–H groups in total. The monoisotopic (exact) mass is 369 g/mol. The summed E-state index contributed by atoms with van der Waals surface area (Å²) in [5, 5.41) is 13.9. The minimum Gasteiger partial charge on any atom is -0.360 e. The Morgan fingerprint density at radius 3 is 2.68 bits per heavy atom. The predicted octanol–water partition coefficient (Wildman–Crippen LogP) is 4.51. The molecular formula is C24H23N3O. The molecule has 0 saturated carbocycles. The summed E-state index contributed by atoms with van der Waals surface area (Å²) in [5.41, 5.74) is 3.37. The molecule has 1 unspecified atom stereocenters. The van der Waals surface area contributed by atoms with Gasteiger partial charge in [-0.3, -0.25) is 4.79 Å². The van der Waals surface area contributed by atoms with Crippen LogP contribution >= 0.6 is 0 Å². The fraction of sp³-hybridized carbons (Fsp3) is 0.250. The van der Waals surface area contributed by atoms with E-state index in [1.807, 2.05) is 6.07 Å². The van der Waals surface area contributed by atoms with Gasteiger partial charge < -0.3 is 10.2 Å². The molecule has 3 aromatic rings. The number of hydrogen-bond donors (Lipinski definition) is 1. The highest BCUT2D eigenvalue weighted by Gasteiger charge is 2.28. The number of nitrogens with zero attached hydrogens (tertiary/aromatic N) is 2. The number of fused-ring (bicyclic) bond motifs is 1. The fourth-order valence-electron chi connectivity index (χ4n) is 3.99. The number of carbonyl (C=O) groups excluding carboxylic acids is 1. The minimum atomic E-state index is -0.214. The first-order valence-corrected chi connectivity index (χ1v) is 9.77. The van der Waals surface area contributed by atoms with E-state index >= 15 is 0 Å². The van der Waals surface area contributed by atoms with Crippen molar-refractivity contribution >= 4 is 22.4 Å². The molecular weight excluding hydrogens is 346 g/mol. The second kappa shape index (κ2) is 8.14. The van der Waals surface area contributed by atoms with E-state index in [4.69, 9.17) is 5.26 Å². The molecule has 1 fully saturated rings. The van der Waals surface area contributed by atoms with Crippen LogP contribution < -0.4 is 10.2 Å². The Morgan fingerprint density at radius 1 is 1.00 bits per heavy atom. The molecule has 0 radical (unpaired) electrons. The normalized spacial score (nSPS) is 16.5. The van der Waals surface area contributed by atoms with Gasteiger partial charge in [0.2, 0.25) is 5.91 Å². The standard InChI is InChI=1S/C24H23N3O/c25-13-14-26-24(28)23-10-3-4-15-27(23)22-9-5-8-20(17-22)21-12-11-18-6-1-2-7-19(18)16-21/h1-2,5-9,11-12,16-17,23H,3-4,10,14-15H2,(H,26,28). The first kappa shape index (κ1) is 18.1. The highest BCUT2D eigenvalue weighted by atomic mass is 16.2. The van der Waals surface area contributed by atoms with E-state index in [0.717, 1.165) is 37.1 Å². The molecule has 0 aliphatic carbocycles. The third kappa shape index (κ3) is 3.70. The third-order valence-electron chi connectivity index (χ3n) is 5.41. The lowest BCUT2D eigenvalue weighted by Crippen LogP contribution is -2.49. The van der Waals surface area contributed by atoms with Crippen molar-refractivity contribution in [2.24, 2.45) is 0 Å². The number of carbonyl (C=O) groups is 1. The lowest BCUT2D eigenvalue weighted by molar-refractivity contribution is -0.122. The smallest absolute Gasteiger partial charge is 0.243 e. The fourth-order valence-corrected chi connectivity index (χ4v) is 3.99. The van der Waals surface area contributed by atoms with Crippen molar-refractivity contribution in [2.75, 3.05) is 18.0 Å². The molecule has 4 rings (SSSR count). The van der Waals surface area contributed by atoms with Crippen molar-refractivity contribution in [3.63, 3.8) is 0 Å². The summed E-state index contributed by atoms with van der Waals surface area (Å²) in [4.78, 5) is 14.7.